The second-order valence-corrected chi connectivity index (χ2v) is 7.84. The van der Waals surface area contributed by atoms with E-state index >= 15 is 0 Å². The minimum atomic E-state index is -3.01. The molecule has 0 saturated carbocycles. The van der Waals surface area contributed by atoms with Crippen molar-refractivity contribution in [2.45, 2.75) is 19.4 Å². The molecule has 25 heavy (non-hydrogen) atoms. The number of hydrogen-bond acceptors (Lipinski definition) is 4. The summed E-state index contributed by atoms with van der Waals surface area (Å²) >= 11 is 0. The van der Waals surface area contributed by atoms with Crippen LogP contribution < -0.4 is 0 Å². The first-order chi connectivity index (χ1) is 11.7. The molecule has 1 aromatic carbocycles. The molecular formula is C14H18F5NO4Si. The lowest BCUT2D eigenvalue weighted by atomic mass is 10.1. The van der Waals surface area contributed by atoms with Gasteiger partial charge in [-0.3, -0.25) is 4.79 Å². The van der Waals surface area contributed by atoms with Gasteiger partial charge in [0, 0.05) is 26.9 Å². The average Bonchev–Trinajstić information content (AvgIpc) is 2.61. The highest BCUT2D eigenvalue weighted by Gasteiger charge is 2.38. The second kappa shape index (κ2) is 9.22. The van der Waals surface area contributed by atoms with Gasteiger partial charge in [-0.05, 0) is 19.4 Å². The molecule has 0 atom stereocenters. The van der Waals surface area contributed by atoms with E-state index in [0.29, 0.717) is 6.61 Å². The van der Waals surface area contributed by atoms with Crippen LogP contribution in [0, 0.1) is 23.3 Å². The highest BCUT2D eigenvalue weighted by Crippen LogP contribution is 2.21. The van der Waals surface area contributed by atoms with Gasteiger partial charge in [-0.1, -0.05) is 4.48 Å². The zero-order valence-corrected chi connectivity index (χ0v) is 14.9. The van der Waals surface area contributed by atoms with Crippen molar-refractivity contribution >= 4 is 14.7 Å². The van der Waals surface area contributed by atoms with E-state index < -0.39 is 55.2 Å². The van der Waals surface area contributed by atoms with Crippen LogP contribution in [0.1, 0.15) is 23.7 Å². The maximum absolute atomic E-state index is 13.9. The van der Waals surface area contributed by atoms with Crippen molar-refractivity contribution in [3.63, 3.8) is 0 Å². The normalized spacial score (nSPS) is 11.7. The first-order valence-electron chi connectivity index (χ1n) is 7.27. The molecule has 11 heteroatoms. The number of amides is 1. The van der Waals surface area contributed by atoms with Crippen LogP contribution in [-0.2, 0) is 13.3 Å². The van der Waals surface area contributed by atoms with Gasteiger partial charge in [-0.15, -0.1) is 0 Å². The summed E-state index contributed by atoms with van der Waals surface area (Å²) in [6, 6.07) is 0.252. The molecule has 0 fully saturated rings. The lowest BCUT2D eigenvalue weighted by molar-refractivity contribution is 0.0178. The van der Waals surface area contributed by atoms with Crippen molar-refractivity contribution in [3.05, 3.63) is 34.9 Å². The van der Waals surface area contributed by atoms with Crippen LogP contribution in [0.15, 0.2) is 6.07 Å². The Bertz CT molecular complexity index is 615. The summed E-state index contributed by atoms with van der Waals surface area (Å²) in [5.41, 5.74) is -1.24. The van der Waals surface area contributed by atoms with E-state index in [1.807, 2.05) is 0 Å². The average molecular weight is 387 g/mol. The standard InChI is InChI=1S/C14H18F5NO4Si/c1-4-24-25(22-2,23-3)7-5-6-20(19)14(21)9-8-10(15)12(17)13(18)11(9)16/h8H,4-7H2,1-3H3. The van der Waals surface area contributed by atoms with Gasteiger partial charge in [0.1, 0.15) is 0 Å². The van der Waals surface area contributed by atoms with Crippen LogP contribution in [-0.4, -0.2) is 47.2 Å². The third-order valence-electron chi connectivity index (χ3n) is 3.38. The SMILES string of the molecule is CCO[Si](CCCN(F)C(=O)c1cc(F)c(F)c(F)c1F)(OC)OC. The molecule has 0 aliphatic heterocycles. The Kier molecular flexibility index (Phi) is 7.92. The minimum absolute atomic E-state index is 0.0178. The first-order valence-corrected chi connectivity index (χ1v) is 9.21. The van der Waals surface area contributed by atoms with Crippen molar-refractivity contribution in [1.29, 1.82) is 0 Å². The molecule has 0 heterocycles. The molecule has 0 aromatic heterocycles. The second-order valence-electron chi connectivity index (χ2n) is 4.87. The fraction of sp³-hybridized carbons (Fsp3) is 0.500. The number of carbonyl (C=O) groups is 1. The van der Waals surface area contributed by atoms with E-state index in [1.54, 1.807) is 6.92 Å². The molecule has 0 spiro atoms. The van der Waals surface area contributed by atoms with Crippen LogP contribution in [0.2, 0.25) is 6.04 Å². The van der Waals surface area contributed by atoms with Crippen LogP contribution >= 0.6 is 0 Å². The monoisotopic (exact) mass is 387 g/mol. The van der Waals surface area contributed by atoms with Crippen molar-refractivity contribution in [2.75, 3.05) is 27.4 Å². The van der Waals surface area contributed by atoms with Gasteiger partial charge in [0.05, 0.1) is 12.1 Å². The fourth-order valence-electron chi connectivity index (χ4n) is 2.09. The molecule has 0 N–H and O–H groups in total. The van der Waals surface area contributed by atoms with Gasteiger partial charge < -0.3 is 13.3 Å². The molecule has 1 aromatic rings. The zero-order valence-electron chi connectivity index (χ0n) is 13.9. The maximum Gasteiger partial charge on any atom is 0.500 e. The molecule has 0 bridgehead atoms. The van der Waals surface area contributed by atoms with Gasteiger partial charge >= 0.3 is 8.80 Å². The Hall–Kier alpha value is -1.56. The van der Waals surface area contributed by atoms with E-state index in [-0.39, 0.29) is 18.5 Å². The fourth-order valence-corrected chi connectivity index (χ4v) is 4.08. The van der Waals surface area contributed by atoms with Crippen LogP contribution in [0.25, 0.3) is 0 Å². The van der Waals surface area contributed by atoms with Gasteiger partial charge in [0.15, 0.2) is 23.3 Å². The predicted molar refractivity (Wildman–Crippen MR) is 79.2 cm³/mol. The largest absolute Gasteiger partial charge is 0.500 e. The molecule has 0 aliphatic carbocycles. The Morgan fingerprint density at radius 3 is 2.24 bits per heavy atom. The van der Waals surface area contributed by atoms with Crippen molar-refractivity contribution in [1.82, 2.24) is 5.12 Å². The van der Waals surface area contributed by atoms with Crippen molar-refractivity contribution in [3.8, 4) is 0 Å². The van der Waals surface area contributed by atoms with Crippen LogP contribution in [0.5, 0.6) is 0 Å². The summed E-state index contributed by atoms with van der Waals surface area (Å²) in [6.45, 7) is 1.48. The molecule has 0 aliphatic rings. The van der Waals surface area contributed by atoms with E-state index in [0.717, 1.165) is 0 Å². The van der Waals surface area contributed by atoms with Crippen molar-refractivity contribution < 1.29 is 40.1 Å². The molecule has 0 unspecified atom stereocenters. The Balaban J connectivity index is 2.79. The first kappa shape index (κ1) is 21.5. The number of benzene rings is 1. The molecular weight excluding hydrogens is 369 g/mol. The predicted octanol–water partition coefficient (Wildman–Crippen LogP) is 3.23. The summed E-state index contributed by atoms with van der Waals surface area (Å²) in [6.07, 6.45) is 0.0178. The highest BCUT2D eigenvalue weighted by molar-refractivity contribution is 6.60. The van der Waals surface area contributed by atoms with Crippen molar-refractivity contribution in [2.24, 2.45) is 0 Å². The Morgan fingerprint density at radius 2 is 1.72 bits per heavy atom. The summed E-state index contributed by atoms with van der Waals surface area (Å²) < 4.78 is 82.3. The summed E-state index contributed by atoms with van der Waals surface area (Å²) in [7, 11) is -0.280. The summed E-state index contributed by atoms with van der Waals surface area (Å²) in [4.78, 5) is 11.8. The topological polar surface area (TPSA) is 48.0 Å². The lowest BCUT2D eigenvalue weighted by Crippen LogP contribution is -2.44. The molecule has 142 valence electrons. The lowest BCUT2D eigenvalue weighted by Gasteiger charge is -2.26. The van der Waals surface area contributed by atoms with Gasteiger partial charge in [0.2, 0.25) is 0 Å². The van der Waals surface area contributed by atoms with Gasteiger partial charge in [0.25, 0.3) is 5.91 Å². The number of halogens is 5. The summed E-state index contributed by atoms with van der Waals surface area (Å²) in [5.74, 6) is -9.64. The van der Waals surface area contributed by atoms with E-state index in [2.05, 4.69) is 0 Å². The number of rotatable bonds is 9. The highest BCUT2D eigenvalue weighted by atomic mass is 28.4. The minimum Gasteiger partial charge on any atom is -0.377 e. The molecule has 1 rings (SSSR count). The number of nitrogens with zero attached hydrogens (tertiary/aromatic N) is 1. The molecule has 0 radical (unpaired) electrons. The third kappa shape index (κ3) is 4.97. The Morgan fingerprint density at radius 1 is 1.12 bits per heavy atom. The van der Waals surface area contributed by atoms with Gasteiger partial charge in [-0.25, -0.2) is 17.6 Å². The third-order valence-corrected chi connectivity index (χ3v) is 6.32. The smallest absolute Gasteiger partial charge is 0.377 e. The molecule has 5 nitrogen and oxygen atoms in total. The van der Waals surface area contributed by atoms with Crippen LogP contribution in [0.4, 0.5) is 22.0 Å². The van der Waals surface area contributed by atoms with Crippen LogP contribution in [0.3, 0.4) is 0 Å². The zero-order chi connectivity index (χ0) is 19.2. The van der Waals surface area contributed by atoms with Gasteiger partial charge in [-0.2, -0.15) is 5.12 Å². The number of hydrogen-bond donors (Lipinski definition) is 0. The van der Waals surface area contributed by atoms with E-state index in [9.17, 15) is 26.8 Å². The maximum atomic E-state index is 13.9. The quantitative estimate of drug-likeness (QED) is 0.215. The summed E-state index contributed by atoms with van der Waals surface area (Å²) in [5, 5.41) is -0.425. The van der Waals surface area contributed by atoms with E-state index in [4.69, 9.17) is 13.3 Å². The van der Waals surface area contributed by atoms with E-state index in [1.165, 1.54) is 14.2 Å². The molecule has 0 saturated heterocycles. The Labute approximate surface area is 142 Å². The number of carbonyl (C=O) groups excluding carboxylic acids is 1. The molecule has 1 amide bonds.